The van der Waals surface area contributed by atoms with Gasteiger partial charge in [-0.15, -0.1) is 0 Å². The Kier molecular flexibility index (Phi) is 4.89. The van der Waals surface area contributed by atoms with E-state index in [-0.39, 0.29) is 17.6 Å². The second kappa shape index (κ2) is 6.65. The number of pyridine rings is 1. The Balaban J connectivity index is 2.17. The third-order valence-electron chi connectivity index (χ3n) is 3.39. The standard InChI is InChI=1S/C14H20FN3O2/c1-3-5-16-13-12(7-10(15)8-17-13)14(19)18-6-4-11(9-18)20-2/h7-8,11H,3-6,9H2,1-2H3,(H,16,17). The summed E-state index contributed by atoms with van der Waals surface area (Å²) in [6, 6.07) is 1.24. The molecule has 2 rings (SSSR count). The Morgan fingerprint density at radius 2 is 2.45 bits per heavy atom. The van der Waals surface area contributed by atoms with Crippen LogP contribution in [-0.2, 0) is 4.74 Å². The van der Waals surface area contributed by atoms with Crippen LogP contribution >= 0.6 is 0 Å². The lowest BCUT2D eigenvalue weighted by Crippen LogP contribution is -2.31. The van der Waals surface area contributed by atoms with Crippen LogP contribution in [0.3, 0.4) is 0 Å². The van der Waals surface area contributed by atoms with E-state index in [0.717, 1.165) is 19.0 Å². The number of ether oxygens (including phenoxy) is 1. The van der Waals surface area contributed by atoms with Crippen molar-refractivity contribution < 1.29 is 13.9 Å². The van der Waals surface area contributed by atoms with E-state index in [1.165, 1.54) is 6.07 Å². The highest BCUT2D eigenvalue weighted by Crippen LogP contribution is 2.20. The van der Waals surface area contributed by atoms with Gasteiger partial charge in [0.05, 0.1) is 17.9 Å². The smallest absolute Gasteiger partial charge is 0.257 e. The first-order valence-corrected chi connectivity index (χ1v) is 6.87. The Morgan fingerprint density at radius 1 is 1.65 bits per heavy atom. The molecule has 1 fully saturated rings. The van der Waals surface area contributed by atoms with Gasteiger partial charge in [-0.2, -0.15) is 0 Å². The van der Waals surface area contributed by atoms with Crippen molar-refractivity contribution in [1.29, 1.82) is 0 Å². The first kappa shape index (κ1) is 14.7. The Labute approximate surface area is 118 Å². The van der Waals surface area contributed by atoms with Crippen molar-refractivity contribution in [2.24, 2.45) is 0 Å². The summed E-state index contributed by atoms with van der Waals surface area (Å²) in [5.41, 5.74) is 0.287. The molecule has 1 aromatic rings. The molecule has 0 saturated carbocycles. The lowest BCUT2D eigenvalue weighted by atomic mass is 10.2. The molecule has 20 heavy (non-hydrogen) atoms. The minimum absolute atomic E-state index is 0.0625. The summed E-state index contributed by atoms with van der Waals surface area (Å²) in [6.07, 6.45) is 2.90. The van der Waals surface area contributed by atoms with Crippen LogP contribution in [-0.4, -0.2) is 48.6 Å². The van der Waals surface area contributed by atoms with Gasteiger partial charge in [0, 0.05) is 26.7 Å². The van der Waals surface area contributed by atoms with Gasteiger partial charge < -0.3 is 15.0 Å². The SMILES string of the molecule is CCCNc1ncc(F)cc1C(=O)N1CCC(OC)C1. The number of hydrogen-bond acceptors (Lipinski definition) is 4. The first-order chi connectivity index (χ1) is 9.65. The van der Waals surface area contributed by atoms with Gasteiger partial charge in [0.25, 0.3) is 5.91 Å². The molecule has 1 amide bonds. The van der Waals surface area contributed by atoms with Crippen LogP contribution in [0.1, 0.15) is 30.1 Å². The molecule has 110 valence electrons. The zero-order valence-electron chi connectivity index (χ0n) is 11.9. The van der Waals surface area contributed by atoms with Crippen LogP contribution in [0.2, 0.25) is 0 Å². The second-order valence-corrected chi connectivity index (χ2v) is 4.87. The molecule has 2 heterocycles. The number of carbonyl (C=O) groups excluding carboxylic acids is 1. The van der Waals surface area contributed by atoms with Crippen molar-refractivity contribution in [1.82, 2.24) is 9.88 Å². The van der Waals surface area contributed by atoms with E-state index in [1.807, 2.05) is 6.92 Å². The summed E-state index contributed by atoms with van der Waals surface area (Å²) in [7, 11) is 1.64. The van der Waals surface area contributed by atoms with Gasteiger partial charge in [-0.3, -0.25) is 4.79 Å². The van der Waals surface area contributed by atoms with Crippen LogP contribution in [0.25, 0.3) is 0 Å². The van der Waals surface area contributed by atoms with E-state index in [1.54, 1.807) is 12.0 Å². The zero-order chi connectivity index (χ0) is 14.5. The minimum Gasteiger partial charge on any atom is -0.380 e. The molecule has 0 aromatic carbocycles. The fraction of sp³-hybridized carbons (Fsp3) is 0.571. The molecular weight excluding hydrogens is 261 g/mol. The van der Waals surface area contributed by atoms with E-state index < -0.39 is 5.82 Å². The third kappa shape index (κ3) is 3.25. The van der Waals surface area contributed by atoms with Crippen LogP contribution in [0.5, 0.6) is 0 Å². The highest BCUT2D eigenvalue weighted by Gasteiger charge is 2.28. The third-order valence-corrected chi connectivity index (χ3v) is 3.39. The average molecular weight is 281 g/mol. The fourth-order valence-electron chi connectivity index (χ4n) is 2.26. The number of carbonyl (C=O) groups is 1. The molecule has 0 radical (unpaired) electrons. The number of anilines is 1. The maximum absolute atomic E-state index is 13.4. The second-order valence-electron chi connectivity index (χ2n) is 4.87. The van der Waals surface area contributed by atoms with Gasteiger partial charge in [-0.05, 0) is 18.9 Å². The molecule has 6 heteroatoms. The number of rotatable bonds is 5. The molecule has 1 aromatic heterocycles. The Hall–Kier alpha value is -1.69. The van der Waals surface area contributed by atoms with E-state index in [0.29, 0.717) is 25.5 Å². The Morgan fingerprint density at radius 3 is 3.10 bits per heavy atom. The number of amides is 1. The summed E-state index contributed by atoms with van der Waals surface area (Å²) in [5, 5.41) is 3.06. The van der Waals surface area contributed by atoms with Gasteiger partial charge >= 0.3 is 0 Å². The van der Waals surface area contributed by atoms with Crippen LogP contribution in [0.15, 0.2) is 12.3 Å². The number of hydrogen-bond donors (Lipinski definition) is 1. The van der Waals surface area contributed by atoms with Crippen LogP contribution < -0.4 is 5.32 Å². The molecule has 1 N–H and O–H groups in total. The van der Waals surface area contributed by atoms with Gasteiger partial charge in [0.1, 0.15) is 11.6 Å². The van der Waals surface area contributed by atoms with E-state index >= 15 is 0 Å². The molecule has 1 unspecified atom stereocenters. The van der Waals surface area contributed by atoms with Gasteiger partial charge in [0.2, 0.25) is 0 Å². The van der Waals surface area contributed by atoms with Gasteiger partial charge in [0.15, 0.2) is 0 Å². The summed E-state index contributed by atoms with van der Waals surface area (Å²) in [5.74, 6) is -0.257. The first-order valence-electron chi connectivity index (χ1n) is 6.87. The monoisotopic (exact) mass is 281 g/mol. The van der Waals surface area contributed by atoms with Gasteiger partial charge in [-0.1, -0.05) is 6.92 Å². The maximum atomic E-state index is 13.4. The van der Waals surface area contributed by atoms with E-state index in [2.05, 4.69) is 10.3 Å². The lowest BCUT2D eigenvalue weighted by molar-refractivity contribution is 0.0724. The largest absolute Gasteiger partial charge is 0.380 e. The number of halogens is 1. The number of methoxy groups -OCH3 is 1. The van der Waals surface area contributed by atoms with Crippen LogP contribution in [0, 0.1) is 5.82 Å². The topological polar surface area (TPSA) is 54.5 Å². The molecule has 0 bridgehead atoms. The molecular formula is C14H20FN3O2. The summed E-state index contributed by atoms with van der Waals surface area (Å²) < 4.78 is 18.6. The zero-order valence-corrected chi connectivity index (χ0v) is 11.9. The summed E-state index contributed by atoms with van der Waals surface area (Å²) in [6.45, 7) is 3.88. The molecule has 0 spiro atoms. The van der Waals surface area contributed by atoms with Crippen molar-refractivity contribution in [3.8, 4) is 0 Å². The normalized spacial score (nSPS) is 18.4. The van der Waals surface area contributed by atoms with Gasteiger partial charge in [-0.25, -0.2) is 9.37 Å². The highest BCUT2D eigenvalue weighted by atomic mass is 19.1. The molecule has 0 aliphatic carbocycles. The van der Waals surface area contributed by atoms with E-state index in [4.69, 9.17) is 4.74 Å². The predicted molar refractivity (Wildman–Crippen MR) is 74.3 cm³/mol. The van der Waals surface area contributed by atoms with Crippen molar-refractivity contribution in [3.63, 3.8) is 0 Å². The number of nitrogens with one attached hydrogen (secondary N) is 1. The number of nitrogens with zero attached hydrogens (tertiary/aromatic N) is 2. The van der Waals surface area contributed by atoms with E-state index in [9.17, 15) is 9.18 Å². The summed E-state index contributed by atoms with van der Waals surface area (Å²) >= 11 is 0. The quantitative estimate of drug-likeness (QED) is 0.895. The van der Waals surface area contributed by atoms with Crippen molar-refractivity contribution in [3.05, 3.63) is 23.6 Å². The van der Waals surface area contributed by atoms with Crippen LogP contribution in [0.4, 0.5) is 10.2 Å². The predicted octanol–water partition coefficient (Wildman–Crippen LogP) is 1.90. The van der Waals surface area contributed by atoms with Crippen molar-refractivity contribution in [2.75, 3.05) is 32.1 Å². The molecule has 1 aliphatic heterocycles. The lowest BCUT2D eigenvalue weighted by Gasteiger charge is -2.18. The molecule has 1 atom stereocenters. The summed E-state index contributed by atoms with van der Waals surface area (Å²) in [4.78, 5) is 18.1. The van der Waals surface area contributed by atoms with Crippen molar-refractivity contribution >= 4 is 11.7 Å². The number of likely N-dealkylation sites (tertiary alicyclic amines) is 1. The van der Waals surface area contributed by atoms with Crippen molar-refractivity contribution in [2.45, 2.75) is 25.9 Å². The fourth-order valence-corrected chi connectivity index (χ4v) is 2.26. The molecule has 1 aliphatic rings. The highest BCUT2D eigenvalue weighted by molar-refractivity contribution is 5.98. The number of aromatic nitrogens is 1. The average Bonchev–Trinajstić information content (AvgIpc) is 2.94. The molecule has 1 saturated heterocycles. The maximum Gasteiger partial charge on any atom is 0.257 e. The molecule has 5 nitrogen and oxygen atoms in total. The Bertz CT molecular complexity index is 481. The minimum atomic E-state index is -0.502.